The Morgan fingerprint density at radius 3 is 2.76 bits per heavy atom. The maximum atomic E-state index is 4.55. The summed E-state index contributed by atoms with van der Waals surface area (Å²) < 4.78 is 0. The SMILES string of the molecule is CCCCCCC(C)NCc1ccc2nc(C)ccc2c1. The lowest BCUT2D eigenvalue weighted by Gasteiger charge is -2.14. The van der Waals surface area contributed by atoms with Crippen LogP contribution in [0.5, 0.6) is 0 Å². The number of hydrogen-bond acceptors (Lipinski definition) is 2. The van der Waals surface area contributed by atoms with Crippen molar-refractivity contribution in [1.29, 1.82) is 0 Å². The molecule has 0 aliphatic rings. The van der Waals surface area contributed by atoms with E-state index in [1.165, 1.54) is 43.1 Å². The third kappa shape index (κ3) is 5.13. The van der Waals surface area contributed by atoms with Gasteiger partial charge in [-0.1, -0.05) is 44.7 Å². The van der Waals surface area contributed by atoms with Gasteiger partial charge in [-0.25, -0.2) is 0 Å². The monoisotopic (exact) mass is 284 g/mol. The molecule has 0 bridgehead atoms. The molecule has 1 unspecified atom stereocenters. The van der Waals surface area contributed by atoms with Gasteiger partial charge in [0.05, 0.1) is 5.52 Å². The summed E-state index contributed by atoms with van der Waals surface area (Å²) >= 11 is 0. The standard InChI is InChI=1S/C19H28N2/c1-4-5-6-7-8-15(2)20-14-17-10-12-19-18(13-17)11-9-16(3)21-19/h9-13,15,20H,4-8,14H2,1-3H3. The maximum absolute atomic E-state index is 4.55. The van der Waals surface area contributed by atoms with Crippen molar-refractivity contribution in [2.45, 2.75) is 65.5 Å². The Balaban J connectivity index is 1.84. The molecule has 21 heavy (non-hydrogen) atoms. The van der Waals surface area contributed by atoms with Crippen LogP contribution in [0.3, 0.4) is 0 Å². The van der Waals surface area contributed by atoms with E-state index in [2.05, 4.69) is 54.5 Å². The van der Waals surface area contributed by atoms with Crippen LogP contribution in [-0.2, 0) is 6.54 Å². The van der Waals surface area contributed by atoms with Gasteiger partial charge in [0.15, 0.2) is 0 Å². The van der Waals surface area contributed by atoms with Crippen molar-refractivity contribution in [1.82, 2.24) is 10.3 Å². The van der Waals surface area contributed by atoms with Crippen molar-refractivity contribution in [3.05, 3.63) is 41.6 Å². The number of rotatable bonds is 8. The smallest absolute Gasteiger partial charge is 0.0705 e. The number of fused-ring (bicyclic) bond motifs is 1. The largest absolute Gasteiger partial charge is 0.310 e. The number of aryl methyl sites for hydroxylation is 1. The number of benzene rings is 1. The highest BCUT2D eigenvalue weighted by atomic mass is 14.9. The second-order valence-electron chi connectivity index (χ2n) is 6.11. The van der Waals surface area contributed by atoms with E-state index in [0.29, 0.717) is 6.04 Å². The molecule has 2 aromatic rings. The molecule has 1 aromatic heterocycles. The van der Waals surface area contributed by atoms with Crippen molar-refractivity contribution in [2.75, 3.05) is 0 Å². The molecule has 0 saturated heterocycles. The molecular weight excluding hydrogens is 256 g/mol. The highest BCUT2D eigenvalue weighted by Crippen LogP contribution is 2.15. The molecule has 114 valence electrons. The molecule has 0 saturated carbocycles. The predicted octanol–water partition coefficient (Wildman–Crippen LogP) is 4.99. The van der Waals surface area contributed by atoms with E-state index in [4.69, 9.17) is 0 Å². The van der Waals surface area contributed by atoms with Gasteiger partial charge in [0.1, 0.15) is 0 Å². The third-order valence-corrected chi connectivity index (χ3v) is 4.04. The fourth-order valence-electron chi connectivity index (χ4n) is 2.66. The third-order valence-electron chi connectivity index (χ3n) is 4.04. The normalized spacial score (nSPS) is 12.7. The van der Waals surface area contributed by atoms with Gasteiger partial charge in [-0.05, 0) is 44.0 Å². The van der Waals surface area contributed by atoms with Crippen LogP contribution in [0.15, 0.2) is 30.3 Å². The van der Waals surface area contributed by atoms with E-state index in [1.807, 2.05) is 6.92 Å². The molecule has 2 rings (SSSR count). The first-order chi connectivity index (χ1) is 10.2. The molecule has 0 amide bonds. The molecule has 0 aliphatic carbocycles. The average Bonchev–Trinajstić information content (AvgIpc) is 2.49. The van der Waals surface area contributed by atoms with Gasteiger partial charge in [0.25, 0.3) is 0 Å². The lowest BCUT2D eigenvalue weighted by molar-refractivity contribution is 0.483. The number of aromatic nitrogens is 1. The summed E-state index contributed by atoms with van der Waals surface area (Å²) in [6, 6.07) is 11.4. The van der Waals surface area contributed by atoms with Crippen molar-refractivity contribution in [3.8, 4) is 0 Å². The van der Waals surface area contributed by atoms with E-state index in [9.17, 15) is 0 Å². The number of nitrogens with zero attached hydrogens (tertiary/aromatic N) is 1. The van der Waals surface area contributed by atoms with Gasteiger partial charge in [-0.3, -0.25) is 4.98 Å². The summed E-state index contributed by atoms with van der Waals surface area (Å²) in [7, 11) is 0. The Morgan fingerprint density at radius 2 is 1.95 bits per heavy atom. The molecular formula is C19H28N2. The van der Waals surface area contributed by atoms with Crippen LogP contribution in [0.25, 0.3) is 10.9 Å². The second-order valence-corrected chi connectivity index (χ2v) is 6.11. The first-order valence-electron chi connectivity index (χ1n) is 8.28. The van der Waals surface area contributed by atoms with Gasteiger partial charge in [-0.15, -0.1) is 0 Å². The highest BCUT2D eigenvalue weighted by molar-refractivity contribution is 5.79. The van der Waals surface area contributed by atoms with E-state index in [-0.39, 0.29) is 0 Å². The molecule has 1 aromatic carbocycles. The van der Waals surface area contributed by atoms with Crippen LogP contribution in [0.2, 0.25) is 0 Å². The predicted molar refractivity (Wildman–Crippen MR) is 91.5 cm³/mol. The fraction of sp³-hybridized carbons (Fsp3) is 0.526. The Bertz CT molecular complexity index is 562. The molecule has 1 atom stereocenters. The maximum Gasteiger partial charge on any atom is 0.0705 e. The number of nitrogens with one attached hydrogen (secondary N) is 1. The van der Waals surface area contributed by atoms with E-state index in [1.54, 1.807) is 0 Å². The minimum absolute atomic E-state index is 0.591. The molecule has 0 aliphatic heterocycles. The second kappa shape index (κ2) is 8.14. The van der Waals surface area contributed by atoms with Crippen molar-refractivity contribution in [3.63, 3.8) is 0 Å². The molecule has 2 nitrogen and oxygen atoms in total. The van der Waals surface area contributed by atoms with E-state index in [0.717, 1.165) is 17.8 Å². The highest BCUT2D eigenvalue weighted by Gasteiger charge is 2.03. The zero-order chi connectivity index (χ0) is 15.1. The Hall–Kier alpha value is -1.41. The Morgan fingerprint density at radius 1 is 1.10 bits per heavy atom. The van der Waals surface area contributed by atoms with Gasteiger partial charge in [0.2, 0.25) is 0 Å². The lowest BCUT2D eigenvalue weighted by Crippen LogP contribution is -2.25. The van der Waals surface area contributed by atoms with Crippen molar-refractivity contribution >= 4 is 10.9 Å². The van der Waals surface area contributed by atoms with Crippen molar-refractivity contribution < 1.29 is 0 Å². The summed E-state index contributed by atoms with van der Waals surface area (Å²) in [5.41, 5.74) is 3.51. The number of hydrogen-bond donors (Lipinski definition) is 1. The van der Waals surface area contributed by atoms with Crippen LogP contribution in [0, 0.1) is 6.92 Å². The molecule has 0 radical (unpaired) electrons. The number of pyridine rings is 1. The van der Waals surface area contributed by atoms with Gasteiger partial charge < -0.3 is 5.32 Å². The van der Waals surface area contributed by atoms with Crippen LogP contribution < -0.4 is 5.32 Å². The van der Waals surface area contributed by atoms with Crippen LogP contribution in [0.1, 0.15) is 57.2 Å². The van der Waals surface area contributed by atoms with Crippen LogP contribution in [0.4, 0.5) is 0 Å². The summed E-state index contributed by atoms with van der Waals surface area (Å²) in [4.78, 5) is 4.55. The van der Waals surface area contributed by atoms with Crippen molar-refractivity contribution in [2.24, 2.45) is 0 Å². The quantitative estimate of drug-likeness (QED) is 0.691. The zero-order valence-corrected chi connectivity index (χ0v) is 13.7. The minimum Gasteiger partial charge on any atom is -0.310 e. The fourth-order valence-corrected chi connectivity index (χ4v) is 2.66. The van der Waals surface area contributed by atoms with E-state index >= 15 is 0 Å². The summed E-state index contributed by atoms with van der Waals surface area (Å²) in [5, 5.41) is 4.86. The summed E-state index contributed by atoms with van der Waals surface area (Å²) in [6.45, 7) is 7.53. The number of unbranched alkanes of at least 4 members (excludes halogenated alkanes) is 3. The van der Waals surface area contributed by atoms with Gasteiger partial charge in [0, 0.05) is 23.7 Å². The molecule has 1 N–H and O–H groups in total. The Labute approximate surface area is 129 Å². The van der Waals surface area contributed by atoms with Gasteiger partial charge in [-0.2, -0.15) is 0 Å². The summed E-state index contributed by atoms with van der Waals surface area (Å²) in [5.74, 6) is 0. The zero-order valence-electron chi connectivity index (χ0n) is 13.7. The van der Waals surface area contributed by atoms with Gasteiger partial charge >= 0.3 is 0 Å². The first-order valence-corrected chi connectivity index (χ1v) is 8.28. The Kier molecular flexibility index (Phi) is 6.19. The van der Waals surface area contributed by atoms with E-state index < -0.39 is 0 Å². The average molecular weight is 284 g/mol. The lowest BCUT2D eigenvalue weighted by atomic mass is 10.1. The molecule has 0 fully saturated rings. The minimum atomic E-state index is 0.591. The van der Waals surface area contributed by atoms with Crippen LogP contribution in [-0.4, -0.2) is 11.0 Å². The molecule has 2 heteroatoms. The topological polar surface area (TPSA) is 24.9 Å². The molecule has 0 spiro atoms. The molecule has 1 heterocycles. The summed E-state index contributed by atoms with van der Waals surface area (Å²) in [6.07, 6.45) is 6.65. The van der Waals surface area contributed by atoms with Crippen LogP contribution >= 0.6 is 0 Å². The first kappa shape index (κ1) is 16.0.